The van der Waals surface area contributed by atoms with E-state index in [-0.39, 0.29) is 6.10 Å². The van der Waals surface area contributed by atoms with Gasteiger partial charge in [-0.05, 0) is 36.8 Å². The molecule has 1 heterocycles. The lowest BCUT2D eigenvalue weighted by molar-refractivity contribution is 0.119. The van der Waals surface area contributed by atoms with Crippen LogP contribution < -0.4 is 10.1 Å². The Bertz CT molecular complexity index is 829. The highest BCUT2D eigenvalue weighted by atomic mass is 16.5. The average Bonchev–Trinajstić information content (AvgIpc) is 3.14. The Hall–Kier alpha value is -2.79. The Labute approximate surface area is 147 Å². The molecule has 3 rings (SSSR count). The standard InChI is InChI=1S/C20H22N2O3/c1-14(23-2)15-7-6-8-16(11-15)21-13-20-22-12-19(25-20)17-9-4-5-10-18(17)24-3/h4-12,14,21H,13H2,1-3H3/t14-/m1/s1. The molecule has 5 nitrogen and oxygen atoms in total. The molecule has 1 atom stereocenters. The van der Waals surface area contributed by atoms with Gasteiger partial charge in [0.05, 0.1) is 31.5 Å². The molecule has 25 heavy (non-hydrogen) atoms. The molecule has 1 N–H and O–H groups in total. The normalized spacial score (nSPS) is 12.0. The van der Waals surface area contributed by atoms with Crippen molar-refractivity contribution < 1.29 is 13.9 Å². The molecule has 0 saturated carbocycles. The smallest absolute Gasteiger partial charge is 0.214 e. The summed E-state index contributed by atoms with van der Waals surface area (Å²) in [5.41, 5.74) is 3.01. The first kappa shape index (κ1) is 17.0. The molecular formula is C20H22N2O3. The van der Waals surface area contributed by atoms with Gasteiger partial charge in [-0.3, -0.25) is 0 Å². The van der Waals surface area contributed by atoms with Gasteiger partial charge in [-0.25, -0.2) is 4.98 Å². The van der Waals surface area contributed by atoms with Crippen LogP contribution in [0.2, 0.25) is 0 Å². The molecule has 3 aromatic rings. The zero-order valence-corrected chi connectivity index (χ0v) is 14.7. The summed E-state index contributed by atoms with van der Waals surface area (Å²) >= 11 is 0. The minimum absolute atomic E-state index is 0.0561. The van der Waals surface area contributed by atoms with Crippen LogP contribution in [-0.2, 0) is 11.3 Å². The first-order valence-electron chi connectivity index (χ1n) is 8.16. The lowest BCUT2D eigenvalue weighted by Crippen LogP contribution is -2.01. The van der Waals surface area contributed by atoms with E-state index >= 15 is 0 Å². The van der Waals surface area contributed by atoms with Gasteiger partial charge >= 0.3 is 0 Å². The molecule has 0 aliphatic carbocycles. The summed E-state index contributed by atoms with van der Waals surface area (Å²) in [5, 5.41) is 3.33. The third-order valence-electron chi connectivity index (χ3n) is 4.08. The first-order valence-corrected chi connectivity index (χ1v) is 8.16. The second kappa shape index (κ2) is 7.85. The number of nitrogens with one attached hydrogen (secondary N) is 1. The maximum atomic E-state index is 5.85. The van der Waals surface area contributed by atoms with Gasteiger partial charge in [0.25, 0.3) is 0 Å². The number of ether oxygens (including phenoxy) is 2. The average molecular weight is 338 g/mol. The van der Waals surface area contributed by atoms with Gasteiger partial charge in [-0.2, -0.15) is 0 Å². The Balaban J connectivity index is 1.70. The highest BCUT2D eigenvalue weighted by molar-refractivity contribution is 5.65. The molecule has 0 aliphatic heterocycles. The van der Waals surface area contributed by atoms with E-state index in [2.05, 4.69) is 16.4 Å². The number of hydrogen-bond acceptors (Lipinski definition) is 5. The van der Waals surface area contributed by atoms with E-state index < -0.39 is 0 Å². The number of methoxy groups -OCH3 is 2. The van der Waals surface area contributed by atoms with Gasteiger partial charge in [-0.1, -0.05) is 24.3 Å². The quantitative estimate of drug-likeness (QED) is 0.678. The Morgan fingerprint density at radius 2 is 1.96 bits per heavy atom. The van der Waals surface area contributed by atoms with Crippen molar-refractivity contribution in [2.75, 3.05) is 19.5 Å². The summed E-state index contributed by atoms with van der Waals surface area (Å²) in [5.74, 6) is 2.07. The largest absolute Gasteiger partial charge is 0.496 e. The first-order chi connectivity index (χ1) is 12.2. The zero-order chi connectivity index (χ0) is 17.6. The second-order valence-electron chi connectivity index (χ2n) is 5.68. The van der Waals surface area contributed by atoms with Gasteiger partial charge < -0.3 is 19.2 Å². The predicted molar refractivity (Wildman–Crippen MR) is 97.7 cm³/mol. The van der Waals surface area contributed by atoms with Crippen LogP contribution in [0, 0.1) is 0 Å². The summed E-state index contributed by atoms with van der Waals surface area (Å²) < 4.78 is 16.6. The molecule has 1 aromatic heterocycles. The third kappa shape index (κ3) is 4.00. The van der Waals surface area contributed by atoms with Crippen LogP contribution in [0.1, 0.15) is 24.5 Å². The van der Waals surface area contributed by atoms with E-state index in [0.717, 1.165) is 22.6 Å². The van der Waals surface area contributed by atoms with E-state index in [1.165, 1.54) is 0 Å². The fraction of sp³-hybridized carbons (Fsp3) is 0.250. The van der Waals surface area contributed by atoms with Gasteiger partial charge in [-0.15, -0.1) is 0 Å². The van der Waals surface area contributed by atoms with E-state index in [9.17, 15) is 0 Å². The number of rotatable bonds is 7. The van der Waals surface area contributed by atoms with E-state index in [1.807, 2.05) is 49.4 Å². The number of anilines is 1. The molecule has 130 valence electrons. The lowest BCUT2D eigenvalue weighted by atomic mass is 10.1. The summed E-state index contributed by atoms with van der Waals surface area (Å²) in [7, 11) is 3.35. The van der Waals surface area contributed by atoms with Gasteiger partial charge in [0.1, 0.15) is 5.75 Å². The van der Waals surface area contributed by atoms with Gasteiger partial charge in [0.2, 0.25) is 5.89 Å². The van der Waals surface area contributed by atoms with Gasteiger partial charge in [0, 0.05) is 12.8 Å². The molecule has 0 amide bonds. The lowest BCUT2D eigenvalue weighted by Gasteiger charge is -2.12. The number of nitrogens with zero attached hydrogens (tertiary/aromatic N) is 1. The Morgan fingerprint density at radius 3 is 2.76 bits per heavy atom. The van der Waals surface area contributed by atoms with Crippen LogP contribution in [0.4, 0.5) is 5.69 Å². The molecule has 0 saturated heterocycles. The Kier molecular flexibility index (Phi) is 5.36. The van der Waals surface area contributed by atoms with Crippen molar-refractivity contribution in [1.29, 1.82) is 0 Å². The molecule has 0 radical (unpaired) electrons. The van der Waals surface area contributed by atoms with Crippen molar-refractivity contribution in [3.05, 3.63) is 66.2 Å². The van der Waals surface area contributed by atoms with Crippen LogP contribution in [-0.4, -0.2) is 19.2 Å². The molecule has 0 fully saturated rings. The monoisotopic (exact) mass is 338 g/mol. The van der Waals surface area contributed by atoms with Crippen molar-refractivity contribution in [1.82, 2.24) is 4.98 Å². The molecule has 0 spiro atoms. The summed E-state index contributed by atoms with van der Waals surface area (Å²) in [6, 6.07) is 15.8. The number of aromatic nitrogens is 1. The number of hydrogen-bond donors (Lipinski definition) is 1. The number of para-hydroxylation sites is 1. The van der Waals surface area contributed by atoms with Crippen LogP contribution in [0.25, 0.3) is 11.3 Å². The van der Waals surface area contributed by atoms with Crippen molar-refractivity contribution >= 4 is 5.69 Å². The minimum atomic E-state index is 0.0561. The highest BCUT2D eigenvalue weighted by Crippen LogP contribution is 2.30. The topological polar surface area (TPSA) is 56.5 Å². The van der Waals surface area contributed by atoms with Crippen LogP contribution in [0.5, 0.6) is 5.75 Å². The van der Waals surface area contributed by atoms with Crippen molar-refractivity contribution in [3.63, 3.8) is 0 Å². The van der Waals surface area contributed by atoms with Gasteiger partial charge in [0.15, 0.2) is 5.76 Å². The Morgan fingerprint density at radius 1 is 1.12 bits per heavy atom. The zero-order valence-electron chi connectivity index (χ0n) is 14.7. The van der Waals surface area contributed by atoms with Crippen LogP contribution in [0.3, 0.4) is 0 Å². The fourth-order valence-corrected chi connectivity index (χ4v) is 2.58. The summed E-state index contributed by atoms with van der Waals surface area (Å²) in [6.07, 6.45) is 1.78. The summed E-state index contributed by atoms with van der Waals surface area (Å²) in [6.45, 7) is 2.52. The highest BCUT2D eigenvalue weighted by Gasteiger charge is 2.11. The molecule has 0 unspecified atom stereocenters. The fourth-order valence-electron chi connectivity index (χ4n) is 2.58. The van der Waals surface area contributed by atoms with E-state index in [4.69, 9.17) is 13.9 Å². The minimum Gasteiger partial charge on any atom is -0.496 e. The number of oxazole rings is 1. The second-order valence-corrected chi connectivity index (χ2v) is 5.68. The third-order valence-corrected chi connectivity index (χ3v) is 4.08. The van der Waals surface area contributed by atoms with Crippen LogP contribution in [0.15, 0.2) is 59.1 Å². The number of benzene rings is 2. The van der Waals surface area contributed by atoms with E-state index in [1.54, 1.807) is 20.4 Å². The maximum absolute atomic E-state index is 5.85. The molecule has 0 aliphatic rings. The van der Waals surface area contributed by atoms with E-state index in [0.29, 0.717) is 18.2 Å². The van der Waals surface area contributed by atoms with Crippen molar-refractivity contribution in [2.24, 2.45) is 0 Å². The molecule has 0 bridgehead atoms. The molecule has 5 heteroatoms. The van der Waals surface area contributed by atoms with Crippen molar-refractivity contribution in [2.45, 2.75) is 19.6 Å². The van der Waals surface area contributed by atoms with Crippen LogP contribution >= 0.6 is 0 Å². The SMILES string of the molecule is COc1ccccc1-c1cnc(CNc2cccc([C@@H](C)OC)c2)o1. The molecular weight excluding hydrogens is 316 g/mol. The van der Waals surface area contributed by atoms with Crippen molar-refractivity contribution in [3.8, 4) is 17.1 Å². The maximum Gasteiger partial charge on any atom is 0.214 e. The summed E-state index contributed by atoms with van der Waals surface area (Å²) in [4.78, 5) is 4.35. The predicted octanol–water partition coefficient (Wildman–Crippen LogP) is 4.67. The molecule has 2 aromatic carbocycles.